The number of carbonyl (C=O) groups excluding carboxylic acids is 3. The van der Waals surface area contributed by atoms with E-state index in [1.807, 2.05) is 30.3 Å². The Balaban J connectivity index is 2.03. The van der Waals surface area contributed by atoms with Crippen LogP contribution < -0.4 is 15.8 Å². The first-order chi connectivity index (χ1) is 14.8. The van der Waals surface area contributed by atoms with Crippen LogP contribution in [0.1, 0.15) is 29.3 Å². The second kappa shape index (κ2) is 11.6. The minimum Gasteiger partial charge on any atom is -0.481 e. The maximum absolute atomic E-state index is 12.8. The highest BCUT2D eigenvalue weighted by Gasteiger charge is 2.36. The molecule has 7 heteroatoms. The van der Waals surface area contributed by atoms with Crippen LogP contribution in [0.2, 0.25) is 0 Å². The smallest absolute Gasteiger partial charge is 0.231 e. The van der Waals surface area contributed by atoms with E-state index in [9.17, 15) is 19.5 Å². The van der Waals surface area contributed by atoms with Crippen LogP contribution in [0.3, 0.4) is 0 Å². The van der Waals surface area contributed by atoms with Crippen LogP contribution in [0, 0.1) is 23.7 Å². The molecule has 4 N–H and O–H groups in total. The third-order valence-electron chi connectivity index (χ3n) is 4.66. The van der Waals surface area contributed by atoms with Gasteiger partial charge in [-0.1, -0.05) is 37.0 Å². The lowest BCUT2D eigenvalue weighted by Crippen LogP contribution is -2.42. The molecule has 2 unspecified atom stereocenters. The molecule has 0 aliphatic carbocycles. The molecule has 2 aromatic rings. The number of hydrogen-bond donors (Lipinski definition) is 3. The number of nitrogens with two attached hydrogens (primary N) is 1. The van der Waals surface area contributed by atoms with Crippen molar-refractivity contribution in [2.45, 2.75) is 19.6 Å². The van der Waals surface area contributed by atoms with Gasteiger partial charge >= 0.3 is 0 Å². The van der Waals surface area contributed by atoms with E-state index in [1.54, 1.807) is 24.3 Å². The van der Waals surface area contributed by atoms with Gasteiger partial charge < -0.3 is 20.9 Å². The molecule has 0 bridgehead atoms. The van der Waals surface area contributed by atoms with Crippen molar-refractivity contribution in [3.63, 3.8) is 0 Å². The molecule has 162 valence electrons. The minimum atomic E-state index is -1.39. The average molecular weight is 422 g/mol. The molecule has 0 spiro atoms. The van der Waals surface area contributed by atoms with Crippen LogP contribution in [0.4, 0.5) is 0 Å². The first-order valence-corrected chi connectivity index (χ1v) is 9.82. The van der Waals surface area contributed by atoms with Crippen LogP contribution in [-0.4, -0.2) is 42.5 Å². The minimum absolute atomic E-state index is 0.188. The SMILES string of the molecule is CNC(=O)C(C(=O)CC(N)O)[C@@H](C)C(=O)c1ccc(OCC#Cc2ccccc2)cc1. The van der Waals surface area contributed by atoms with Crippen molar-refractivity contribution in [3.8, 4) is 17.6 Å². The van der Waals surface area contributed by atoms with Gasteiger partial charge in [0.15, 0.2) is 5.78 Å². The van der Waals surface area contributed by atoms with E-state index in [2.05, 4.69) is 17.2 Å². The van der Waals surface area contributed by atoms with Gasteiger partial charge in [-0.2, -0.15) is 0 Å². The molecule has 0 saturated carbocycles. The summed E-state index contributed by atoms with van der Waals surface area (Å²) >= 11 is 0. The number of nitrogens with one attached hydrogen (secondary N) is 1. The molecule has 3 atom stereocenters. The van der Waals surface area contributed by atoms with E-state index in [1.165, 1.54) is 14.0 Å². The predicted molar refractivity (Wildman–Crippen MR) is 116 cm³/mol. The lowest BCUT2D eigenvalue weighted by Gasteiger charge is -2.21. The standard InChI is InChI=1S/C24H26N2O5/c1-16(22(24(30)26-2)20(27)15-21(25)28)23(29)18-10-12-19(13-11-18)31-14-6-9-17-7-4-3-5-8-17/h3-5,7-8,10-13,16,21-22,28H,14-15,25H2,1-2H3,(H,26,30)/t16-,21?,22?/m1/s1. The summed E-state index contributed by atoms with van der Waals surface area (Å²) < 4.78 is 5.56. The number of Topliss-reactive ketones (excluding diaryl/α,β-unsaturated/α-hetero) is 2. The van der Waals surface area contributed by atoms with Gasteiger partial charge in [0.25, 0.3) is 0 Å². The maximum atomic E-state index is 12.8. The fourth-order valence-corrected chi connectivity index (χ4v) is 3.05. The van der Waals surface area contributed by atoms with Crippen LogP contribution in [0.15, 0.2) is 54.6 Å². The number of carbonyl (C=O) groups is 3. The van der Waals surface area contributed by atoms with Crippen molar-refractivity contribution in [1.29, 1.82) is 0 Å². The third-order valence-corrected chi connectivity index (χ3v) is 4.66. The van der Waals surface area contributed by atoms with E-state index in [4.69, 9.17) is 10.5 Å². The van der Waals surface area contributed by atoms with Gasteiger partial charge in [0.05, 0.1) is 0 Å². The molecule has 2 rings (SSSR count). The maximum Gasteiger partial charge on any atom is 0.231 e. The van der Waals surface area contributed by atoms with Gasteiger partial charge in [-0.15, -0.1) is 0 Å². The van der Waals surface area contributed by atoms with E-state index in [-0.39, 0.29) is 12.4 Å². The Hall–Kier alpha value is -3.47. The molecule has 31 heavy (non-hydrogen) atoms. The third kappa shape index (κ3) is 7.07. The normalized spacial score (nSPS) is 13.2. The van der Waals surface area contributed by atoms with Gasteiger partial charge in [-0.3, -0.25) is 14.4 Å². The summed E-state index contributed by atoms with van der Waals surface area (Å²) in [4.78, 5) is 37.4. The quantitative estimate of drug-likeness (QED) is 0.244. The summed E-state index contributed by atoms with van der Waals surface area (Å²) in [6, 6.07) is 15.9. The summed E-state index contributed by atoms with van der Waals surface area (Å²) in [5, 5.41) is 11.7. The first kappa shape index (κ1) is 23.8. The van der Waals surface area contributed by atoms with Crippen molar-refractivity contribution in [2.75, 3.05) is 13.7 Å². The molecule has 7 nitrogen and oxygen atoms in total. The Bertz CT molecular complexity index is 959. The second-order valence-corrected chi connectivity index (χ2v) is 6.96. The number of amides is 1. The second-order valence-electron chi connectivity index (χ2n) is 6.96. The van der Waals surface area contributed by atoms with Crippen LogP contribution in [0.5, 0.6) is 5.75 Å². The molecule has 0 radical (unpaired) electrons. The van der Waals surface area contributed by atoms with Crippen molar-refractivity contribution in [1.82, 2.24) is 5.32 Å². The number of aliphatic hydroxyl groups is 1. The fraction of sp³-hybridized carbons (Fsp3) is 0.292. The van der Waals surface area contributed by atoms with Gasteiger partial charge in [-0.25, -0.2) is 0 Å². The summed E-state index contributed by atoms with van der Waals surface area (Å²) in [5.74, 6) is 2.73. The van der Waals surface area contributed by atoms with Crippen molar-refractivity contribution < 1.29 is 24.2 Å². The monoisotopic (exact) mass is 422 g/mol. The molecular weight excluding hydrogens is 396 g/mol. The molecule has 0 aromatic heterocycles. The lowest BCUT2D eigenvalue weighted by atomic mass is 9.82. The molecule has 0 aliphatic rings. The van der Waals surface area contributed by atoms with E-state index >= 15 is 0 Å². The summed E-state index contributed by atoms with van der Waals surface area (Å²) in [6.07, 6.45) is -1.80. The largest absolute Gasteiger partial charge is 0.481 e. The Labute approximate surface area is 181 Å². The van der Waals surface area contributed by atoms with Crippen LogP contribution in [0.25, 0.3) is 0 Å². The van der Waals surface area contributed by atoms with Crippen molar-refractivity contribution >= 4 is 17.5 Å². The summed E-state index contributed by atoms with van der Waals surface area (Å²) in [5.41, 5.74) is 6.48. The Kier molecular flexibility index (Phi) is 8.94. The van der Waals surface area contributed by atoms with E-state index in [0.717, 1.165) is 5.56 Å². The number of aliphatic hydroxyl groups excluding tert-OH is 1. The topological polar surface area (TPSA) is 119 Å². The highest BCUT2D eigenvalue weighted by molar-refractivity contribution is 6.08. The molecule has 1 amide bonds. The number of ketones is 2. The van der Waals surface area contributed by atoms with Crippen LogP contribution in [-0.2, 0) is 9.59 Å². The molecule has 0 aliphatic heterocycles. The van der Waals surface area contributed by atoms with E-state index < -0.39 is 36.2 Å². The summed E-state index contributed by atoms with van der Waals surface area (Å²) in [7, 11) is 1.38. The van der Waals surface area contributed by atoms with Crippen molar-refractivity contribution in [3.05, 3.63) is 65.7 Å². The Morgan fingerprint density at radius 3 is 2.32 bits per heavy atom. The highest BCUT2D eigenvalue weighted by Crippen LogP contribution is 2.22. The van der Waals surface area contributed by atoms with Gasteiger partial charge in [0.1, 0.15) is 30.3 Å². The average Bonchev–Trinajstić information content (AvgIpc) is 2.76. The van der Waals surface area contributed by atoms with Crippen LogP contribution >= 0.6 is 0 Å². The number of rotatable bonds is 9. The number of ether oxygens (including phenoxy) is 1. The number of benzene rings is 2. The molecular formula is C24H26N2O5. The molecule has 0 fully saturated rings. The molecule has 0 heterocycles. The molecule has 2 aromatic carbocycles. The van der Waals surface area contributed by atoms with Gasteiger partial charge in [0, 0.05) is 30.5 Å². The zero-order chi connectivity index (χ0) is 22.8. The number of hydrogen-bond acceptors (Lipinski definition) is 6. The highest BCUT2D eigenvalue weighted by atomic mass is 16.5. The lowest BCUT2D eigenvalue weighted by molar-refractivity contribution is -0.136. The van der Waals surface area contributed by atoms with E-state index in [0.29, 0.717) is 11.3 Å². The van der Waals surface area contributed by atoms with Gasteiger partial charge in [-0.05, 0) is 36.4 Å². The fourth-order valence-electron chi connectivity index (χ4n) is 3.05. The van der Waals surface area contributed by atoms with Gasteiger partial charge in [0.2, 0.25) is 5.91 Å². The Morgan fingerprint density at radius 1 is 1.10 bits per heavy atom. The zero-order valence-electron chi connectivity index (χ0n) is 17.5. The molecule has 0 saturated heterocycles. The zero-order valence-corrected chi connectivity index (χ0v) is 17.5. The predicted octanol–water partition coefficient (Wildman–Crippen LogP) is 1.53. The first-order valence-electron chi connectivity index (χ1n) is 9.82. The summed E-state index contributed by atoms with van der Waals surface area (Å²) in [6.45, 7) is 1.69. The Morgan fingerprint density at radius 2 is 1.74 bits per heavy atom. The van der Waals surface area contributed by atoms with Crippen molar-refractivity contribution in [2.24, 2.45) is 17.6 Å².